The van der Waals surface area contributed by atoms with Crippen molar-refractivity contribution >= 4 is 11.5 Å². The molecule has 0 aliphatic carbocycles. The number of methoxy groups -OCH3 is 1. The van der Waals surface area contributed by atoms with Gasteiger partial charge in [-0.1, -0.05) is 18.2 Å². The van der Waals surface area contributed by atoms with Gasteiger partial charge in [0, 0.05) is 19.8 Å². The van der Waals surface area contributed by atoms with Crippen molar-refractivity contribution in [2.45, 2.75) is 6.42 Å². The van der Waals surface area contributed by atoms with E-state index in [1.807, 2.05) is 25.2 Å². The van der Waals surface area contributed by atoms with E-state index in [9.17, 15) is 0 Å². The molecule has 5 nitrogen and oxygen atoms in total. The lowest BCUT2D eigenvalue weighted by Crippen LogP contribution is -2.07. The Morgan fingerprint density at radius 1 is 1.39 bits per heavy atom. The second kappa shape index (κ2) is 5.44. The Kier molecular flexibility index (Phi) is 3.72. The molecule has 0 aliphatic heterocycles. The van der Waals surface area contributed by atoms with Gasteiger partial charge >= 0.3 is 0 Å². The first-order valence-electron chi connectivity index (χ1n) is 5.85. The van der Waals surface area contributed by atoms with E-state index >= 15 is 0 Å². The highest BCUT2D eigenvalue weighted by atomic mass is 16.5. The fourth-order valence-electron chi connectivity index (χ4n) is 1.87. The maximum atomic E-state index is 5.81. The number of nitrogens with one attached hydrogen (secondary N) is 1. The van der Waals surface area contributed by atoms with E-state index in [2.05, 4.69) is 16.5 Å². The minimum atomic E-state index is 0.664. The zero-order valence-corrected chi connectivity index (χ0v) is 10.7. The summed E-state index contributed by atoms with van der Waals surface area (Å²) < 4.78 is 7.00. The molecule has 2 rings (SSSR count). The monoisotopic (exact) mass is 246 g/mol. The van der Waals surface area contributed by atoms with E-state index in [1.54, 1.807) is 18.0 Å². The number of anilines is 2. The number of nitrogen functional groups attached to an aromatic ring is 1. The predicted octanol–water partition coefficient (Wildman–Crippen LogP) is 1.67. The number of nitrogens with two attached hydrogens (primary N) is 1. The molecule has 18 heavy (non-hydrogen) atoms. The van der Waals surface area contributed by atoms with E-state index in [0.29, 0.717) is 5.69 Å². The van der Waals surface area contributed by atoms with Crippen LogP contribution < -0.4 is 15.8 Å². The third-order valence-corrected chi connectivity index (χ3v) is 2.74. The molecule has 0 amide bonds. The minimum absolute atomic E-state index is 0.664. The molecule has 0 spiro atoms. The maximum Gasteiger partial charge on any atom is 0.171 e. The SMILES string of the molecule is COc1ccccc1CCNc1nn(C)cc1N. The smallest absolute Gasteiger partial charge is 0.171 e. The quantitative estimate of drug-likeness (QED) is 0.842. The first-order valence-corrected chi connectivity index (χ1v) is 5.85. The third kappa shape index (κ3) is 2.74. The van der Waals surface area contributed by atoms with Gasteiger partial charge in [-0.25, -0.2) is 0 Å². The Morgan fingerprint density at radius 3 is 2.83 bits per heavy atom. The molecular weight excluding hydrogens is 228 g/mol. The Balaban J connectivity index is 1.94. The van der Waals surface area contributed by atoms with Gasteiger partial charge in [0.05, 0.1) is 12.8 Å². The van der Waals surface area contributed by atoms with Gasteiger partial charge in [-0.15, -0.1) is 0 Å². The number of hydrogen-bond donors (Lipinski definition) is 2. The Hall–Kier alpha value is -2.17. The standard InChI is InChI=1S/C13H18N4O/c1-17-9-11(14)13(16-17)15-8-7-10-5-3-4-6-12(10)18-2/h3-6,9H,7-8,14H2,1-2H3,(H,15,16). The number of hydrogen-bond acceptors (Lipinski definition) is 4. The normalized spacial score (nSPS) is 10.3. The van der Waals surface area contributed by atoms with E-state index in [4.69, 9.17) is 10.5 Å². The molecule has 1 heterocycles. The van der Waals surface area contributed by atoms with Crippen molar-refractivity contribution in [1.82, 2.24) is 9.78 Å². The van der Waals surface area contributed by atoms with Crippen LogP contribution in [0.15, 0.2) is 30.5 Å². The Bertz CT molecular complexity index is 521. The summed E-state index contributed by atoms with van der Waals surface area (Å²) in [5.74, 6) is 1.64. The van der Waals surface area contributed by atoms with Crippen LogP contribution in [0.2, 0.25) is 0 Å². The summed E-state index contributed by atoms with van der Waals surface area (Å²) in [6.07, 6.45) is 2.64. The molecule has 0 fully saturated rings. The zero-order valence-electron chi connectivity index (χ0n) is 10.7. The molecule has 0 unspecified atom stereocenters. The van der Waals surface area contributed by atoms with Crippen LogP contribution in [0.25, 0.3) is 0 Å². The Labute approximate surface area is 107 Å². The molecule has 96 valence electrons. The van der Waals surface area contributed by atoms with Crippen LogP contribution in [0, 0.1) is 0 Å². The molecule has 2 aromatic rings. The van der Waals surface area contributed by atoms with E-state index in [1.165, 1.54) is 5.56 Å². The van der Waals surface area contributed by atoms with Gasteiger partial charge in [-0.3, -0.25) is 4.68 Å². The van der Waals surface area contributed by atoms with Gasteiger partial charge < -0.3 is 15.8 Å². The number of rotatable bonds is 5. The lowest BCUT2D eigenvalue weighted by atomic mass is 10.1. The van der Waals surface area contributed by atoms with Crippen LogP contribution in [-0.2, 0) is 13.5 Å². The average Bonchev–Trinajstić information content (AvgIpc) is 2.68. The molecule has 0 saturated carbocycles. The second-order valence-corrected chi connectivity index (χ2v) is 4.10. The second-order valence-electron chi connectivity index (χ2n) is 4.10. The van der Waals surface area contributed by atoms with Crippen LogP contribution in [0.1, 0.15) is 5.56 Å². The van der Waals surface area contributed by atoms with Gasteiger partial charge in [0.25, 0.3) is 0 Å². The molecule has 0 radical (unpaired) electrons. The average molecular weight is 246 g/mol. The van der Waals surface area contributed by atoms with E-state index in [0.717, 1.165) is 24.5 Å². The summed E-state index contributed by atoms with van der Waals surface area (Å²) in [4.78, 5) is 0. The molecule has 5 heteroatoms. The highest BCUT2D eigenvalue weighted by molar-refractivity contribution is 5.59. The van der Waals surface area contributed by atoms with Gasteiger partial charge in [0.15, 0.2) is 5.82 Å². The van der Waals surface area contributed by atoms with Gasteiger partial charge in [-0.2, -0.15) is 5.10 Å². The summed E-state index contributed by atoms with van der Waals surface area (Å²) in [5, 5.41) is 7.45. The fraction of sp³-hybridized carbons (Fsp3) is 0.308. The number of aryl methyl sites for hydroxylation is 1. The first kappa shape index (κ1) is 12.3. The Morgan fingerprint density at radius 2 is 2.17 bits per heavy atom. The van der Waals surface area contributed by atoms with E-state index in [-0.39, 0.29) is 0 Å². The predicted molar refractivity (Wildman–Crippen MR) is 72.8 cm³/mol. The summed E-state index contributed by atoms with van der Waals surface area (Å²) in [6, 6.07) is 7.99. The maximum absolute atomic E-state index is 5.81. The number of nitrogens with zero attached hydrogens (tertiary/aromatic N) is 2. The first-order chi connectivity index (χ1) is 8.70. The highest BCUT2D eigenvalue weighted by Crippen LogP contribution is 2.19. The van der Waals surface area contributed by atoms with Gasteiger partial charge in [0.1, 0.15) is 5.75 Å². The number of aromatic nitrogens is 2. The van der Waals surface area contributed by atoms with Crippen LogP contribution in [-0.4, -0.2) is 23.4 Å². The molecule has 1 aromatic carbocycles. The summed E-state index contributed by atoms with van der Waals surface area (Å²) in [6.45, 7) is 0.765. The molecule has 0 bridgehead atoms. The zero-order chi connectivity index (χ0) is 13.0. The number of benzene rings is 1. The molecule has 0 aliphatic rings. The van der Waals surface area contributed by atoms with Gasteiger partial charge in [0.2, 0.25) is 0 Å². The lowest BCUT2D eigenvalue weighted by molar-refractivity contribution is 0.410. The van der Waals surface area contributed by atoms with Crippen molar-refractivity contribution in [1.29, 1.82) is 0 Å². The van der Waals surface area contributed by atoms with Crippen LogP contribution in [0.4, 0.5) is 11.5 Å². The van der Waals surface area contributed by atoms with Crippen molar-refractivity contribution in [2.24, 2.45) is 7.05 Å². The van der Waals surface area contributed by atoms with E-state index < -0.39 is 0 Å². The lowest BCUT2D eigenvalue weighted by Gasteiger charge is -2.08. The van der Waals surface area contributed by atoms with Crippen LogP contribution in [0.5, 0.6) is 5.75 Å². The molecule has 0 saturated heterocycles. The summed E-state index contributed by atoms with van der Waals surface area (Å²) in [5.41, 5.74) is 7.64. The minimum Gasteiger partial charge on any atom is -0.496 e. The molecule has 0 atom stereocenters. The van der Waals surface area contributed by atoms with Crippen molar-refractivity contribution in [3.8, 4) is 5.75 Å². The molecular formula is C13H18N4O. The topological polar surface area (TPSA) is 65.1 Å². The summed E-state index contributed by atoms with van der Waals surface area (Å²) in [7, 11) is 3.53. The summed E-state index contributed by atoms with van der Waals surface area (Å²) >= 11 is 0. The van der Waals surface area contributed by atoms with Crippen molar-refractivity contribution in [2.75, 3.05) is 24.7 Å². The van der Waals surface area contributed by atoms with Crippen molar-refractivity contribution in [3.05, 3.63) is 36.0 Å². The largest absolute Gasteiger partial charge is 0.496 e. The van der Waals surface area contributed by atoms with Crippen molar-refractivity contribution < 1.29 is 4.74 Å². The fourth-order valence-corrected chi connectivity index (χ4v) is 1.87. The van der Waals surface area contributed by atoms with Crippen molar-refractivity contribution in [3.63, 3.8) is 0 Å². The number of para-hydroxylation sites is 1. The highest BCUT2D eigenvalue weighted by Gasteiger charge is 2.04. The van der Waals surface area contributed by atoms with Crippen LogP contribution in [0.3, 0.4) is 0 Å². The van der Waals surface area contributed by atoms with Gasteiger partial charge in [-0.05, 0) is 18.1 Å². The molecule has 1 aromatic heterocycles. The molecule has 3 N–H and O–H groups in total. The van der Waals surface area contributed by atoms with Crippen LogP contribution >= 0.6 is 0 Å². The third-order valence-electron chi connectivity index (χ3n) is 2.74. The number of ether oxygens (including phenoxy) is 1.